The molecule has 170 valence electrons. The third-order valence-corrected chi connectivity index (χ3v) is 12.6. The van der Waals surface area contributed by atoms with Crippen molar-refractivity contribution >= 4 is 0 Å². The highest BCUT2D eigenvalue weighted by Crippen LogP contribution is 2.76. The second-order valence-corrected chi connectivity index (χ2v) is 14.4. The lowest BCUT2D eigenvalue weighted by Crippen LogP contribution is -2.65. The first kappa shape index (κ1) is 21.5. The first-order chi connectivity index (χ1) is 13.9. The molecule has 0 radical (unpaired) electrons. The van der Waals surface area contributed by atoms with Gasteiger partial charge in [-0.1, -0.05) is 60.1 Å². The fraction of sp³-hybridized carbons (Fsp3) is 0.931. The zero-order chi connectivity index (χ0) is 21.7. The zero-order valence-corrected chi connectivity index (χ0v) is 21.0. The summed E-state index contributed by atoms with van der Waals surface area (Å²) >= 11 is 0. The molecule has 5 aliphatic carbocycles. The fourth-order valence-electron chi connectivity index (χ4n) is 10.2. The molecule has 0 bridgehead atoms. The lowest BCUT2D eigenvalue weighted by Gasteiger charge is -2.73. The lowest BCUT2D eigenvalue weighted by molar-refractivity contribution is -0.229. The van der Waals surface area contributed by atoms with Gasteiger partial charge in [0.25, 0.3) is 0 Å². The van der Waals surface area contributed by atoms with E-state index in [1.165, 1.54) is 57.8 Å². The Bertz CT molecular complexity index is 749. The highest BCUT2D eigenvalue weighted by atomic mass is 16.3. The van der Waals surface area contributed by atoms with E-state index in [9.17, 15) is 5.11 Å². The van der Waals surface area contributed by atoms with Crippen molar-refractivity contribution in [2.75, 3.05) is 0 Å². The molecular weight excluding hydrogens is 364 g/mol. The van der Waals surface area contributed by atoms with Gasteiger partial charge in [-0.15, -0.1) is 0 Å². The van der Waals surface area contributed by atoms with Crippen LogP contribution in [0.1, 0.15) is 113 Å². The predicted octanol–water partition coefficient (Wildman–Crippen LogP) is 7.78. The third-order valence-electron chi connectivity index (χ3n) is 12.6. The van der Waals surface area contributed by atoms with Crippen LogP contribution in [0.5, 0.6) is 0 Å². The number of fused-ring (bicyclic) bond motifs is 7. The molecule has 4 fully saturated rings. The standard InChI is InChI=1S/C29H48O/c1-19-20-8-11-23-27(5,21(20)9-10-22(19)30)15-17-29(7)24-18-25(2,3)12-13-26(24,4)14-16-28(23,29)6/h8,19,21-24,30H,9-18H2,1-7H3. The van der Waals surface area contributed by atoms with Crippen LogP contribution in [0.15, 0.2) is 11.6 Å². The SMILES string of the molecule is CC1C2=CCC3C(C)(CCC4(C)C5CC(C)(C)CCC5(C)CCC34C)C2CCC1O. The van der Waals surface area contributed by atoms with E-state index < -0.39 is 0 Å². The highest BCUT2D eigenvalue weighted by Gasteiger charge is 2.68. The Morgan fingerprint density at radius 1 is 0.800 bits per heavy atom. The van der Waals surface area contributed by atoms with E-state index in [0.29, 0.717) is 38.9 Å². The largest absolute Gasteiger partial charge is 0.393 e. The maximum absolute atomic E-state index is 10.5. The van der Waals surface area contributed by atoms with Gasteiger partial charge in [-0.25, -0.2) is 0 Å². The average molecular weight is 413 g/mol. The van der Waals surface area contributed by atoms with E-state index in [0.717, 1.165) is 18.3 Å². The maximum Gasteiger partial charge on any atom is 0.0603 e. The molecule has 0 saturated heterocycles. The molecular formula is C29H48O. The second kappa shape index (κ2) is 6.39. The van der Waals surface area contributed by atoms with Crippen molar-refractivity contribution in [1.29, 1.82) is 0 Å². The summed E-state index contributed by atoms with van der Waals surface area (Å²) in [6.07, 6.45) is 16.0. The fourth-order valence-corrected chi connectivity index (χ4v) is 10.2. The molecule has 30 heavy (non-hydrogen) atoms. The van der Waals surface area contributed by atoms with Gasteiger partial charge in [-0.2, -0.15) is 0 Å². The molecule has 0 aromatic rings. The van der Waals surface area contributed by atoms with Crippen molar-refractivity contribution in [3.05, 3.63) is 11.6 Å². The molecule has 0 amide bonds. The molecule has 5 aliphatic rings. The molecule has 9 unspecified atom stereocenters. The van der Waals surface area contributed by atoms with Crippen molar-refractivity contribution in [2.45, 2.75) is 119 Å². The van der Waals surface area contributed by atoms with E-state index in [1.807, 2.05) is 0 Å². The van der Waals surface area contributed by atoms with Gasteiger partial charge in [0.15, 0.2) is 0 Å². The van der Waals surface area contributed by atoms with Crippen LogP contribution in [0.4, 0.5) is 0 Å². The molecule has 0 aliphatic heterocycles. The minimum absolute atomic E-state index is 0.114. The Morgan fingerprint density at radius 3 is 2.17 bits per heavy atom. The number of allylic oxidation sites excluding steroid dienone is 1. The molecule has 0 aromatic heterocycles. The lowest BCUT2D eigenvalue weighted by atomic mass is 9.32. The topological polar surface area (TPSA) is 20.2 Å². The molecule has 0 spiro atoms. The van der Waals surface area contributed by atoms with E-state index >= 15 is 0 Å². The molecule has 0 heterocycles. The average Bonchev–Trinajstić information content (AvgIpc) is 2.68. The highest BCUT2D eigenvalue weighted by molar-refractivity contribution is 5.27. The Labute approximate surface area is 186 Å². The Morgan fingerprint density at radius 2 is 1.43 bits per heavy atom. The van der Waals surface area contributed by atoms with Gasteiger partial charge in [0, 0.05) is 5.92 Å². The van der Waals surface area contributed by atoms with E-state index in [1.54, 1.807) is 5.57 Å². The van der Waals surface area contributed by atoms with Gasteiger partial charge in [0.05, 0.1) is 6.10 Å². The van der Waals surface area contributed by atoms with Gasteiger partial charge in [-0.3, -0.25) is 0 Å². The van der Waals surface area contributed by atoms with E-state index in [-0.39, 0.29) is 6.10 Å². The summed E-state index contributed by atoms with van der Waals surface area (Å²) in [6, 6.07) is 0. The summed E-state index contributed by atoms with van der Waals surface area (Å²) in [5, 5.41) is 10.5. The van der Waals surface area contributed by atoms with Gasteiger partial charge in [0.2, 0.25) is 0 Å². The van der Waals surface area contributed by atoms with Crippen LogP contribution in [0.25, 0.3) is 0 Å². The van der Waals surface area contributed by atoms with Crippen LogP contribution in [0.2, 0.25) is 0 Å². The molecule has 1 nitrogen and oxygen atoms in total. The van der Waals surface area contributed by atoms with Crippen molar-refractivity contribution in [2.24, 2.45) is 50.7 Å². The Balaban J connectivity index is 1.55. The number of hydrogen-bond donors (Lipinski definition) is 1. The summed E-state index contributed by atoms with van der Waals surface area (Å²) in [7, 11) is 0. The molecule has 5 rings (SSSR count). The molecule has 0 aromatic carbocycles. The van der Waals surface area contributed by atoms with Crippen LogP contribution in [0, 0.1) is 50.7 Å². The quantitative estimate of drug-likeness (QED) is 0.403. The van der Waals surface area contributed by atoms with Gasteiger partial charge in [0.1, 0.15) is 0 Å². The molecule has 1 N–H and O–H groups in total. The van der Waals surface area contributed by atoms with Gasteiger partial charge in [-0.05, 0) is 109 Å². The first-order valence-corrected chi connectivity index (χ1v) is 13.2. The zero-order valence-electron chi connectivity index (χ0n) is 21.0. The van der Waals surface area contributed by atoms with Gasteiger partial charge < -0.3 is 5.11 Å². The Kier molecular flexibility index (Phi) is 4.59. The predicted molar refractivity (Wildman–Crippen MR) is 126 cm³/mol. The number of aliphatic hydroxyl groups excluding tert-OH is 1. The van der Waals surface area contributed by atoms with E-state index in [2.05, 4.69) is 54.5 Å². The van der Waals surface area contributed by atoms with Crippen LogP contribution < -0.4 is 0 Å². The minimum atomic E-state index is -0.114. The van der Waals surface area contributed by atoms with Crippen molar-refractivity contribution in [3.8, 4) is 0 Å². The third kappa shape index (κ3) is 2.63. The smallest absolute Gasteiger partial charge is 0.0603 e. The molecule has 1 heteroatoms. The number of hydrogen-bond acceptors (Lipinski definition) is 1. The summed E-state index contributed by atoms with van der Waals surface area (Å²) in [5.74, 6) is 2.78. The summed E-state index contributed by atoms with van der Waals surface area (Å²) in [4.78, 5) is 0. The van der Waals surface area contributed by atoms with Crippen molar-refractivity contribution in [3.63, 3.8) is 0 Å². The second-order valence-electron chi connectivity index (χ2n) is 14.4. The monoisotopic (exact) mass is 412 g/mol. The number of rotatable bonds is 0. The van der Waals surface area contributed by atoms with Crippen LogP contribution in [-0.4, -0.2) is 11.2 Å². The maximum atomic E-state index is 10.5. The summed E-state index contributed by atoms with van der Waals surface area (Å²) in [6.45, 7) is 18.2. The molecule has 9 atom stereocenters. The summed E-state index contributed by atoms with van der Waals surface area (Å²) in [5.41, 5.74) is 4.08. The number of aliphatic hydroxyl groups is 1. The first-order valence-electron chi connectivity index (χ1n) is 13.2. The van der Waals surface area contributed by atoms with Crippen molar-refractivity contribution in [1.82, 2.24) is 0 Å². The van der Waals surface area contributed by atoms with Crippen LogP contribution >= 0.6 is 0 Å². The molecule has 4 saturated carbocycles. The minimum Gasteiger partial charge on any atom is -0.393 e. The Hall–Kier alpha value is -0.300. The van der Waals surface area contributed by atoms with Crippen molar-refractivity contribution < 1.29 is 5.11 Å². The van der Waals surface area contributed by atoms with E-state index in [4.69, 9.17) is 0 Å². The van der Waals surface area contributed by atoms with Crippen LogP contribution in [-0.2, 0) is 0 Å². The normalized spacial score (nSPS) is 57.3. The summed E-state index contributed by atoms with van der Waals surface area (Å²) < 4.78 is 0. The van der Waals surface area contributed by atoms with Gasteiger partial charge >= 0.3 is 0 Å². The van der Waals surface area contributed by atoms with Crippen LogP contribution in [0.3, 0.4) is 0 Å².